The molecule has 0 spiro atoms. The minimum Gasteiger partial charge on any atom is -0.369 e. The van der Waals surface area contributed by atoms with Crippen LogP contribution in [0.4, 0.5) is 0 Å². The third-order valence-corrected chi connectivity index (χ3v) is 3.40. The van der Waals surface area contributed by atoms with Gasteiger partial charge in [-0.3, -0.25) is 0 Å². The topological polar surface area (TPSA) is 9.23 Å². The van der Waals surface area contributed by atoms with Crippen LogP contribution in [0.5, 0.6) is 0 Å². The van der Waals surface area contributed by atoms with E-state index in [1.807, 2.05) is 6.07 Å². The van der Waals surface area contributed by atoms with Crippen LogP contribution in [-0.4, -0.2) is 7.11 Å². The lowest BCUT2D eigenvalue weighted by Gasteiger charge is -2.19. The second-order valence-electron chi connectivity index (χ2n) is 3.38. The van der Waals surface area contributed by atoms with Gasteiger partial charge in [0.1, 0.15) is 6.10 Å². The highest BCUT2D eigenvalue weighted by Gasteiger charge is 2.18. The van der Waals surface area contributed by atoms with E-state index in [0.717, 1.165) is 12.5 Å². The van der Waals surface area contributed by atoms with E-state index in [9.17, 15) is 0 Å². The molecule has 0 amide bonds. The molecule has 0 unspecified atom stereocenters. The summed E-state index contributed by atoms with van der Waals surface area (Å²) in [5.41, 5.74) is 2.58. The van der Waals surface area contributed by atoms with Crippen molar-refractivity contribution in [3.8, 4) is 0 Å². The normalized spacial score (nSPS) is 17.2. The van der Waals surface area contributed by atoms with Gasteiger partial charge in [-0.25, -0.2) is 0 Å². The highest BCUT2D eigenvalue weighted by Crippen LogP contribution is 2.35. The Morgan fingerprint density at radius 2 is 1.87 bits per heavy atom. The van der Waals surface area contributed by atoms with Gasteiger partial charge >= 0.3 is 0 Å². The van der Waals surface area contributed by atoms with Crippen molar-refractivity contribution in [2.45, 2.75) is 6.42 Å². The zero-order valence-electron chi connectivity index (χ0n) is 8.53. The number of rotatable bonds is 2. The summed E-state index contributed by atoms with van der Waals surface area (Å²) in [5.74, 6) is 0. The molecule has 1 radical (unpaired) electrons. The molecule has 0 aliphatic heterocycles. The summed E-state index contributed by atoms with van der Waals surface area (Å²) in [5, 5.41) is 0. The lowest BCUT2D eigenvalue weighted by molar-refractivity contribution is 0.230. The minimum absolute atomic E-state index is 0.884. The Balaban J connectivity index is 2.26. The van der Waals surface area contributed by atoms with Gasteiger partial charge in [-0.15, -0.1) is 0 Å². The van der Waals surface area contributed by atoms with Crippen molar-refractivity contribution < 1.29 is 4.74 Å². The first-order valence-corrected chi connectivity index (χ1v) is 5.91. The third kappa shape index (κ3) is 2.49. The Kier molecular flexibility index (Phi) is 3.59. The first-order valence-electron chi connectivity index (χ1n) is 4.83. The van der Waals surface area contributed by atoms with Crippen LogP contribution in [0.2, 0.25) is 0 Å². The van der Waals surface area contributed by atoms with Crippen LogP contribution in [-0.2, 0) is 4.74 Å². The fourth-order valence-electron chi connectivity index (χ4n) is 1.60. The Morgan fingerprint density at radius 3 is 2.53 bits per heavy atom. The van der Waals surface area contributed by atoms with E-state index in [0.29, 0.717) is 0 Å². The second-order valence-corrected chi connectivity index (χ2v) is 4.54. The fraction of sp³-hybridized carbons (Fsp3) is 0.154. The second kappa shape index (κ2) is 4.94. The van der Waals surface area contributed by atoms with Crippen molar-refractivity contribution in [2.24, 2.45) is 0 Å². The Labute approximate surface area is 104 Å². The standard InChI is InChI=1S/C13H12IO/c1-15-13-9-11(7-8-12(13)14)10-5-3-2-4-6-10/h2-8H,9H2,1H3. The van der Waals surface area contributed by atoms with Gasteiger partial charge < -0.3 is 4.74 Å². The van der Waals surface area contributed by atoms with Crippen molar-refractivity contribution in [1.82, 2.24) is 0 Å². The third-order valence-electron chi connectivity index (χ3n) is 2.44. The summed E-state index contributed by atoms with van der Waals surface area (Å²) in [6.45, 7) is 0. The van der Waals surface area contributed by atoms with Crippen molar-refractivity contribution in [3.05, 3.63) is 57.7 Å². The van der Waals surface area contributed by atoms with Crippen molar-refractivity contribution in [2.75, 3.05) is 7.11 Å². The lowest BCUT2D eigenvalue weighted by atomic mass is 9.96. The van der Waals surface area contributed by atoms with Gasteiger partial charge in [-0.1, -0.05) is 36.4 Å². The Bertz CT molecular complexity index is 392. The summed E-state index contributed by atoms with van der Waals surface area (Å²) in [6.07, 6.45) is 6.21. The molecule has 1 aromatic rings. The number of methoxy groups -OCH3 is 1. The number of allylic oxidation sites excluding steroid dienone is 2. The number of ether oxygens (including phenoxy) is 1. The highest BCUT2D eigenvalue weighted by molar-refractivity contribution is 14.1. The van der Waals surface area contributed by atoms with E-state index in [1.54, 1.807) is 7.11 Å². The summed E-state index contributed by atoms with van der Waals surface area (Å²) in [4.78, 5) is 0. The zero-order valence-corrected chi connectivity index (χ0v) is 10.7. The number of halogens is 1. The molecule has 0 heterocycles. The Morgan fingerprint density at radius 1 is 1.13 bits per heavy atom. The quantitative estimate of drug-likeness (QED) is 0.751. The summed E-state index contributed by atoms with van der Waals surface area (Å²) in [6, 6.07) is 10.4. The molecule has 77 valence electrons. The molecule has 15 heavy (non-hydrogen) atoms. The van der Waals surface area contributed by atoms with E-state index in [2.05, 4.69) is 59.0 Å². The molecular weight excluding hydrogens is 299 g/mol. The Hall–Kier alpha value is -0.610. The maximum Gasteiger partial charge on any atom is 0.136 e. The average Bonchev–Trinajstić information content (AvgIpc) is 2.31. The predicted molar refractivity (Wildman–Crippen MR) is 71.4 cm³/mol. The van der Waals surface area contributed by atoms with Crippen molar-refractivity contribution in [3.63, 3.8) is 0 Å². The van der Waals surface area contributed by atoms with E-state index in [1.165, 1.54) is 14.7 Å². The maximum absolute atomic E-state index is 5.36. The number of hydrogen-bond acceptors (Lipinski definition) is 1. The van der Waals surface area contributed by atoms with Crippen LogP contribution in [0.15, 0.2) is 46.1 Å². The molecule has 2 heteroatoms. The van der Waals surface area contributed by atoms with Gasteiger partial charge in [0, 0.05) is 17.1 Å². The lowest BCUT2D eigenvalue weighted by Crippen LogP contribution is -2.04. The first-order chi connectivity index (χ1) is 7.31. The predicted octanol–water partition coefficient (Wildman–Crippen LogP) is 3.97. The monoisotopic (exact) mass is 311 g/mol. The molecule has 1 aromatic carbocycles. The summed E-state index contributed by atoms with van der Waals surface area (Å²) >= 11 is 2.30. The van der Waals surface area contributed by atoms with Crippen molar-refractivity contribution in [1.29, 1.82) is 0 Å². The van der Waals surface area contributed by atoms with Gasteiger partial charge in [-0.2, -0.15) is 0 Å². The van der Waals surface area contributed by atoms with Crippen LogP contribution in [0.3, 0.4) is 0 Å². The van der Waals surface area contributed by atoms with E-state index >= 15 is 0 Å². The molecule has 0 saturated heterocycles. The van der Waals surface area contributed by atoms with E-state index in [-0.39, 0.29) is 0 Å². The van der Waals surface area contributed by atoms with E-state index in [4.69, 9.17) is 4.74 Å². The zero-order chi connectivity index (χ0) is 10.7. The molecule has 1 aliphatic carbocycles. The molecule has 1 aliphatic rings. The highest BCUT2D eigenvalue weighted by atomic mass is 127. The average molecular weight is 311 g/mol. The number of hydrogen-bond donors (Lipinski definition) is 0. The van der Waals surface area contributed by atoms with Gasteiger partial charge in [0.05, 0.1) is 0 Å². The van der Waals surface area contributed by atoms with Crippen LogP contribution in [0, 0.1) is 6.10 Å². The fourth-order valence-corrected chi connectivity index (χ4v) is 2.19. The van der Waals surface area contributed by atoms with Crippen LogP contribution in [0.25, 0.3) is 5.57 Å². The summed E-state index contributed by atoms with van der Waals surface area (Å²) < 4.78 is 6.54. The minimum atomic E-state index is 0.884. The number of benzene rings is 1. The molecule has 0 aromatic heterocycles. The van der Waals surface area contributed by atoms with Crippen molar-refractivity contribution >= 4 is 28.2 Å². The largest absolute Gasteiger partial charge is 0.369 e. The first kappa shape index (κ1) is 10.9. The molecule has 0 bridgehead atoms. The van der Waals surface area contributed by atoms with Crippen LogP contribution < -0.4 is 0 Å². The molecule has 0 saturated carbocycles. The van der Waals surface area contributed by atoms with E-state index < -0.39 is 0 Å². The molecule has 2 rings (SSSR count). The van der Waals surface area contributed by atoms with Crippen LogP contribution >= 0.6 is 22.6 Å². The molecular formula is C13H12IO. The van der Waals surface area contributed by atoms with Gasteiger partial charge in [-0.05, 0) is 39.8 Å². The summed E-state index contributed by atoms with van der Waals surface area (Å²) in [7, 11) is 1.73. The maximum atomic E-state index is 5.36. The molecule has 0 fully saturated rings. The molecule has 0 atom stereocenters. The van der Waals surface area contributed by atoms with Gasteiger partial charge in [0.25, 0.3) is 0 Å². The SMILES string of the molecule is CO[C]1CC(c2ccccc2)=CC=C1I. The van der Waals surface area contributed by atoms with Gasteiger partial charge in [0.2, 0.25) is 0 Å². The van der Waals surface area contributed by atoms with Crippen LogP contribution in [0.1, 0.15) is 12.0 Å². The smallest absolute Gasteiger partial charge is 0.136 e. The van der Waals surface area contributed by atoms with Gasteiger partial charge in [0.15, 0.2) is 0 Å². The molecule has 0 N–H and O–H groups in total. The molecule has 1 nitrogen and oxygen atoms in total.